The fraction of sp³-hybridized carbons (Fsp3) is 0.400. The molecule has 0 radical (unpaired) electrons. The molecule has 0 aliphatic heterocycles. The summed E-state index contributed by atoms with van der Waals surface area (Å²) in [5.74, 6) is 0.964. The van der Waals surface area contributed by atoms with Crippen molar-refractivity contribution in [3.8, 4) is 0 Å². The molecule has 0 unspecified atom stereocenters. The van der Waals surface area contributed by atoms with Crippen LogP contribution >= 0.6 is 0 Å². The molecule has 0 amide bonds. The van der Waals surface area contributed by atoms with Crippen LogP contribution in [0.4, 0.5) is 0 Å². The van der Waals surface area contributed by atoms with Gasteiger partial charge in [0.2, 0.25) is 0 Å². The normalized spacial score (nSPS) is 18.7. The molecular weight excluding hydrogens is 176 g/mol. The number of imidazole rings is 1. The first-order chi connectivity index (χ1) is 6.71. The molecule has 1 aliphatic rings. The minimum absolute atomic E-state index is 0.185. The Bertz CT molecular complexity index is 496. The van der Waals surface area contributed by atoms with Crippen molar-refractivity contribution in [2.45, 2.75) is 18.4 Å². The molecule has 4 nitrogen and oxygen atoms in total. The number of hydrogen-bond donors (Lipinski definition) is 1. The third kappa shape index (κ3) is 0.915. The Balaban J connectivity index is 2.31. The van der Waals surface area contributed by atoms with E-state index in [1.165, 1.54) is 0 Å². The number of hydrogen-bond acceptors (Lipinski definition) is 3. The summed E-state index contributed by atoms with van der Waals surface area (Å²) in [5, 5.41) is 0. The molecule has 0 spiro atoms. The first-order valence-electron chi connectivity index (χ1n) is 4.77. The summed E-state index contributed by atoms with van der Waals surface area (Å²) >= 11 is 0. The maximum absolute atomic E-state index is 6.12. The van der Waals surface area contributed by atoms with E-state index in [9.17, 15) is 0 Å². The predicted molar refractivity (Wildman–Crippen MR) is 53.6 cm³/mol. The number of aryl methyl sites for hydroxylation is 1. The lowest BCUT2D eigenvalue weighted by molar-refractivity contribution is 0.637. The zero-order valence-corrected chi connectivity index (χ0v) is 8.07. The number of fused-ring (bicyclic) bond motifs is 1. The highest BCUT2D eigenvalue weighted by molar-refractivity contribution is 5.71. The van der Waals surface area contributed by atoms with E-state index in [-0.39, 0.29) is 5.54 Å². The lowest BCUT2D eigenvalue weighted by Gasteiger charge is -2.07. The molecule has 72 valence electrons. The Hall–Kier alpha value is -1.42. The van der Waals surface area contributed by atoms with Gasteiger partial charge in [0.25, 0.3) is 0 Å². The lowest BCUT2D eigenvalue weighted by atomic mass is 10.3. The molecule has 3 rings (SSSR count). The van der Waals surface area contributed by atoms with Gasteiger partial charge < -0.3 is 10.3 Å². The third-order valence-electron chi connectivity index (χ3n) is 2.86. The van der Waals surface area contributed by atoms with Crippen LogP contribution in [-0.2, 0) is 12.6 Å². The van der Waals surface area contributed by atoms with E-state index in [1.54, 1.807) is 6.20 Å². The molecule has 4 heteroatoms. The smallest absolute Gasteiger partial charge is 0.159 e. The van der Waals surface area contributed by atoms with Crippen LogP contribution in [0.2, 0.25) is 0 Å². The average Bonchev–Trinajstić information content (AvgIpc) is 2.84. The van der Waals surface area contributed by atoms with Gasteiger partial charge in [-0.3, -0.25) is 0 Å². The maximum Gasteiger partial charge on any atom is 0.159 e. The van der Waals surface area contributed by atoms with E-state index in [1.807, 2.05) is 23.7 Å². The van der Waals surface area contributed by atoms with Crippen molar-refractivity contribution in [1.29, 1.82) is 0 Å². The van der Waals surface area contributed by atoms with E-state index in [0.29, 0.717) is 0 Å². The summed E-state index contributed by atoms with van der Waals surface area (Å²) in [6.45, 7) is 0. The van der Waals surface area contributed by atoms with Crippen molar-refractivity contribution >= 4 is 11.2 Å². The number of rotatable bonds is 1. The topological polar surface area (TPSA) is 56.7 Å². The maximum atomic E-state index is 6.12. The van der Waals surface area contributed by atoms with Crippen molar-refractivity contribution in [1.82, 2.24) is 14.5 Å². The molecule has 2 aromatic rings. The summed E-state index contributed by atoms with van der Waals surface area (Å²) in [4.78, 5) is 8.81. The van der Waals surface area contributed by atoms with Gasteiger partial charge in [-0.05, 0) is 25.0 Å². The second-order valence-corrected chi connectivity index (χ2v) is 4.00. The van der Waals surface area contributed by atoms with E-state index in [2.05, 4.69) is 9.97 Å². The summed E-state index contributed by atoms with van der Waals surface area (Å²) < 4.78 is 2.00. The SMILES string of the molecule is Cn1c(C2(N)CC2)nc2cccnc21. The molecule has 0 bridgehead atoms. The minimum Gasteiger partial charge on any atom is -0.319 e. The Morgan fingerprint density at radius 3 is 2.93 bits per heavy atom. The molecule has 14 heavy (non-hydrogen) atoms. The zero-order chi connectivity index (χ0) is 9.76. The first kappa shape index (κ1) is 7.94. The molecule has 1 saturated carbocycles. The quantitative estimate of drug-likeness (QED) is 0.723. The second kappa shape index (κ2) is 2.33. The van der Waals surface area contributed by atoms with Crippen LogP contribution in [0.3, 0.4) is 0 Å². The molecule has 2 heterocycles. The van der Waals surface area contributed by atoms with Gasteiger partial charge in [-0.15, -0.1) is 0 Å². The van der Waals surface area contributed by atoms with Gasteiger partial charge in [0, 0.05) is 13.2 Å². The van der Waals surface area contributed by atoms with Crippen LogP contribution in [0.25, 0.3) is 11.2 Å². The standard InChI is InChI=1S/C10H12N4/c1-14-8-7(3-2-6-12-8)13-9(14)10(11)4-5-10/h2-3,6H,4-5,11H2,1H3. The lowest BCUT2D eigenvalue weighted by Crippen LogP contribution is -2.23. The van der Waals surface area contributed by atoms with Crippen LogP contribution in [0, 0.1) is 0 Å². The number of pyridine rings is 1. The van der Waals surface area contributed by atoms with Crippen LogP contribution < -0.4 is 5.73 Å². The van der Waals surface area contributed by atoms with Crippen molar-refractivity contribution in [3.05, 3.63) is 24.2 Å². The molecule has 0 aromatic carbocycles. The Kier molecular flexibility index (Phi) is 1.32. The van der Waals surface area contributed by atoms with Gasteiger partial charge in [0.05, 0.1) is 5.54 Å². The van der Waals surface area contributed by atoms with Crippen LogP contribution in [0.5, 0.6) is 0 Å². The number of aromatic nitrogens is 3. The van der Waals surface area contributed by atoms with E-state index in [0.717, 1.165) is 29.8 Å². The first-order valence-corrected chi connectivity index (χ1v) is 4.77. The van der Waals surface area contributed by atoms with Gasteiger partial charge in [0.15, 0.2) is 5.65 Å². The second-order valence-electron chi connectivity index (χ2n) is 4.00. The van der Waals surface area contributed by atoms with Crippen LogP contribution in [0.1, 0.15) is 18.7 Å². The number of nitrogens with two attached hydrogens (primary N) is 1. The summed E-state index contributed by atoms with van der Waals surface area (Å²) in [7, 11) is 1.98. The van der Waals surface area contributed by atoms with Crippen molar-refractivity contribution < 1.29 is 0 Å². The largest absolute Gasteiger partial charge is 0.319 e. The molecule has 0 atom stereocenters. The fourth-order valence-electron chi connectivity index (χ4n) is 1.83. The van der Waals surface area contributed by atoms with Crippen LogP contribution in [-0.4, -0.2) is 14.5 Å². The highest BCUT2D eigenvalue weighted by Crippen LogP contribution is 2.42. The van der Waals surface area contributed by atoms with Crippen LogP contribution in [0.15, 0.2) is 18.3 Å². The minimum atomic E-state index is -0.185. The van der Waals surface area contributed by atoms with Gasteiger partial charge in [0.1, 0.15) is 11.3 Å². The Morgan fingerprint density at radius 1 is 1.50 bits per heavy atom. The molecule has 1 aliphatic carbocycles. The van der Waals surface area contributed by atoms with Crippen molar-refractivity contribution in [2.24, 2.45) is 12.8 Å². The number of nitrogens with zero attached hydrogens (tertiary/aromatic N) is 3. The molecule has 0 saturated heterocycles. The fourth-order valence-corrected chi connectivity index (χ4v) is 1.83. The highest BCUT2D eigenvalue weighted by Gasteiger charge is 2.44. The molecular formula is C10H12N4. The average molecular weight is 188 g/mol. The Morgan fingerprint density at radius 2 is 2.29 bits per heavy atom. The summed E-state index contributed by atoms with van der Waals surface area (Å²) in [5.41, 5.74) is 7.78. The summed E-state index contributed by atoms with van der Waals surface area (Å²) in [6, 6.07) is 3.87. The van der Waals surface area contributed by atoms with E-state index >= 15 is 0 Å². The molecule has 2 N–H and O–H groups in total. The predicted octanol–water partition coefficient (Wildman–Crippen LogP) is 0.916. The summed E-state index contributed by atoms with van der Waals surface area (Å²) in [6.07, 6.45) is 3.85. The molecule has 1 fully saturated rings. The van der Waals surface area contributed by atoms with E-state index < -0.39 is 0 Å². The highest BCUT2D eigenvalue weighted by atomic mass is 15.2. The third-order valence-corrected chi connectivity index (χ3v) is 2.86. The van der Waals surface area contributed by atoms with E-state index in [4.69, 9.17) is 5.73 Å². The van der Waals surface area contributed by atoms with Gasteiger partial charge in [-0.1, -0.05) is 0 Å². The Labute approximate surface area is 81.8 Å². The monoisotopic (exact) mass is 188 g/mol. The van der Waals surface area contributed by atoms with Crippen molar-refractivity contribution in [3.63, 3.8) is 0 Å². The zero-order valence-electron chi connectivity index (χ0n) is 8.07. The van der Waals surface area contributed by atoms with Gasteiger partial charge in [-0.2, -0.15) is 0 Å². The van der Waals surface area contributed by atoms with Crippen molar-refractivity contribution in [2.75, 3.05) is 0 Å². The van der Waals surface area contributed by atoms with Gasteiger partial charge in [-0.25, -0.2) is 9.97 Å². The molecule has 2 aromatic heterocycles. The van der Waals surface area contributed by atoms with Gasteiger partial charge >= 0.3 is 0 Å².